The lowest BCUT2D eigenvalue weighted by molar-refractivity contribution is 0.0527. The zero-order valence-electron chi connectivity index (χ0n) is 19.1. The standard InChI is InChI=1S/C24H31N3O4S/c1-5-31-23(29)19-16(4)20(21(28)26-18-12-11-14(2)13-15(18)3)32-22(19)27-24(30)25-17-9-7-6-8-10-17/h11-13,17H,5-10H2,1-4H3,(H,26,28)(H2,25,27,30). The van der Waals surface area contributed by atoms with Crippen molar-refractivity contribution in [1.29, 1.82) is 0 Å². The molecule has 1 fully saturated rings. The number of esters is 1. The molecule has 0 atom stereocenters. The van der Waals surface area contributed by atoms with Crippen molar-refractivity contribution < 1.29 is 19.1 Å². The Morgan fingerprint density at radius 1 is 1.06 bits per heavy atom. The number of hydrogen-bond donors (Lipinski definition) is 3. The Balaban J connectivity index is 1.84. The quantitative estimate of drug-likeness (QED) is 0.495. The van der Waals surface area contributed by atoms with Crippen LogP contribution in [0.15, 0.2) is 18.2 Å². The molecule has 1 heterocycles. The predicted molar refractivity (Wildman–Crippen MR) is 128 cm³/mol. The van der Waals surface area contributed by atoms with Crippen LogP contribution >= 0.6 is 11.3 Å². The van der Waals surface area contributed by atoms with Gasteiger partial charge in [-0.1, -0.05) is 37.0 Å². The molecule has 7 nitrogen and oxygen atoms in total. The molecule has 8 heteroatoms. The minimum absolute atomic E-state index is 0.128. The minimum Gasteiger partial charge on any atom is -0.462 e. The molecule has 1 aromatic carbocycles. The second-order valence-corrected chi connectivity index (χ2v) is 9.21. The summed E-state index contributed by atoms with van der Waals surface area (Å²) in [6.07, 6.45) is 5.28. The molecule has 32 heavy (non-hydrogen) atoms. The zero-order chi connectivity index (χ0) is 23.3. The molecule has 0 unspecified atom stereocenters. The van der Waals surface area contributed by atoms with E-state index in [1.165, 1.54) is 6.42 Å². The van der Waals surface area contributed by atoms with Crippen LogP contribution < -0.4 is 16.0 Å². The Labute approximate surface area is 192 Å². The van der Waals surface area contributed by atoms with Crippen molar-refractivity contribution in [1.82, 2.24) is 5.32 Å². The SMILES string of the molecule is CCOC(=O)c1c(NC(=O)NC2CCCCC2)sc(C(=O)Nc2ccc(C)cc2C)c1C. The van der Waals surface area contributed by atoms with Gasteiger partial charge in [-0.15, -0.1) is 11.3 Å². The van der Waals surface area contributed by atoms with E-state index in [4.69, 9.17) is 4.74 Å². The fraction of sp³-hybridized carbons (Fsp3) is 0.458. The highest BCUT2D eigenvalue weighted by molar-refractivity contribution is 7.18. The highest BCUT2D eigenvalue weighted by atomic mass is 32.1. The first-order valence-corrected chi connectivity index (χ1v) is 11.9. The summed E-state index contributed by atoms with van der Waals surface area (Å²) in [6, 6.07) is 5.53. The molecular weight excluding hydrogens is 426 g/mol. The van der Waals surface area contributed by atoms with Gasteiger partial charge in [-0.05, 0) is 57.7 Å². The van der Waals surface area contributed by atoms with Crippen molar-refractivity contribution in [2.24, 2.45) is 0 Å². The van der Waals surface area contributed by atoms with E-state index in [0.717, 1.165) is 48.1 Å². The second-order valence-electron chi connectivity index (χ2n) is 8.19. The number of thiophene rings is 1. The van der Waals surface area contributed by atoms with Gasteiger partial charge in [0.25, 0.3) is 5.91 Å². The van der Waals surface area contributed by atoms with Gasteiger partial charge in [0.05, 0.1) is 17.0 Å². The molecular formula is C24H31N3O4S. The monoisotopic (exact) mass is 457 g/mol. The van der Waals surface area contributed by atoms with E-state index >= 15 is 0 Å². The molecule has 3 rings (SSSR count). The molecule has 0 spiro atoms. The lowest BCUT2D eigenvalue weighted by Gasteiger charge is -2.22. The molecule has 2 aromatic rings. The second kappa shape index (κ2) is 10.6. The summed E-state index contributed by atoms with van der Waals surface area (Å²) in [6.45, 7) is 7.53. The number of urea groups is 1. The molecule has 0 aliphatic heterocycles. The molecule has 0 saturated heterocycles. The molecule has 172 valence electrons. The van der Waals surface area contributed by atoms with E-state index in [1.54, 1.807) is 13.8 Å². The Bertz CT molecular complexity index is 1010. The Morgan fingerprint density at radius 2 is 1.78 bits per heavy atom. The highest BCUT2D eigenvalue weighted by Crippen LogP contribution is 2.34. The predicted octanol–water partition coefficient (Wildman–Crippen LogP) is 5.56. The summed E-state index contributed by atoms with van der Waals surface area (Å²) < 4.78 is 5.19. The topological polar surface area (TPSA) is 96.5 Å². The van der Waals surface area contributed by atoms with Crippen LogP contribution in [0.2, 0.25) is 0 Å². The third kappa shape index (κ3) is 5.68. The van der Waals surface area contributed by atoms with Gasteiger partial charge in [-0.2, -0.15) is 0 Å². The smallest absolute Gasteiger partial charge is 0.341 e. The highest BCUT2D eigenvalue weighted by Gasteiger charge is 2.27. The van der Waals surface area contributed by atoms with Crippen LogP contribution in [0.25, 0.3) is 0 Å². The summed E-state index contributed by atoms with van der Waals surface area (Å²) in [7, 11) is 0. The zero-order valence-corrected chi connectivity index (χ0v) is 19.9. The minimum atomic E-state index is -0.556. The van der Waals surface area contributed by atoms with Gasteiger partial charge < -0.3 is 15.4 Å². The van der Waals surface area contributed by atoms with Crippen molar-refractivity contribution in [2.45, 2.75) is 65.8 Å². The molecule has 1 aliphatic rings. The lowest BCUT2D eigenvalue weighted by atomic mass is 9.96. The van der Waals surface area contributed by atoms with Crippen LogP contribution in [0.1, 0.15) is 75.7 Å². The van der Waals surface area contributed by atoms with Crippen LogP contribution in [-0.4, -0.2) is 30.6 Å². The molecule has 1 aliphatic carbocycles. The molecule has 1 aromatic heterocycles. The van der Waals surface area contributed by atoms with E-state index in [1.807, 2.05) is 32.0 Å². The number of rotatable bonds is 6. The van der Waals surface area contributed by atoms with Crippen molar-refractivity contribution in [3.8, 4) is 0 Å². The van der Waals surface area contributed by atoms with Crippen LogP contribution in [0.5, 0.6) is 0 Å². The average Bonchev–Trinajstić information content (AvgIpc) is 3.06. The Hall–Kier alpha value is -2.87. The fourth-order valence-corrected chi connectivity index (χ4v) is 5.06. The number of benzene rings is 1. The van der Waals surface area contributed by atoms with Gasteiger partial charge in [-0.3, -0.25) is 10.1 Å². The van der Waals surface area contributed by atoms with E-state index < -0.39 is 5.97 Å². The summed E-state index contributed by atoms with van der Waals surface area (Å²) >= 11 is 1.08. The van der Waals surface area contributed by atoms with Crippen molar-refractivity contribution in [3.05, 3.63) is 45.3 Å². The number of anilines is 2. The van der Waals surface area contributed by atoms with Gasteiger partial charge in [0.1, 0.15) is 5.00 Å². The normalized spacial score (nSPS) is 14.0. The van der Waals surface area contributed by atoms with Crippen LogP contribution in [0.4, 0.5) is 15.5 Å². The summed E-state index contributed by atoms with van der Waals surface area (Å²) in [5.74, 6) is -0.884. The maximum Gasteiger partial charge on any atom is 0.341 e. The number of carbonyl (C=O) groups is 3. The van der Waals surface area contributed by atoms with E-state index in [2.05, 4.69) is 16.0 Å². The van der Waals surface area contributed by atoms with E-state index in [9.17, 15) is 14.4 Å². The first-order valence-electron chi connectivity index (χ1n) is 11.1. The Morgan fingerprint density at radius 3 is 2.44 bits per heavy atom. The van der Waals surface area contributed by atoms with Crippen LogP contribution in [0.3, 0.4) is 0 Å². The van der Waals surface area contributed by atoms with Gasteiger partial charge in [0.15, 0.2) is 0 Å². The maximum absolute atomic E-state index is 13.0. The molecule has 3 amide bonds. The van der Waals surface area contributed by atoms with Crippen LogP contribution in [0, 0.1) is 20.8 Å². The summed E-state index contributed by atoms with van der Waals surface area (Å²) in [5.41, 5.74) is 3.47. The molecule has 0 bridgehead atoms. The number of hydrogen-bond acceptors (Lipinski definition) is 5. The fourth-order valence-electron chi connectivity index (χ4n) is 3.97. The summed E-state index contributed by atoms with van der Waals surface area (Å²) in [5, 5.41) is 9.00. The van der Waals surface area contributed by atoms with Crippen molar-refractivity contribution in [2.75, 3.05) is 17.2 Å². The number of carbonyl (C=O) groups excluding carboxylic acids is 3. The Kier molecular flexibility index (Phi) is 7.90. The van der Waals surface area contributed by atoms with E-state index in [0.29, 0.717) is 21.1 Å². The number of aryl methyl sites for hydroxylation is 2. The number of ether oxygens (including phenoxy) is 1. The molecule has 3 N–H and O–H groups in total. The third-order valence-electron chi connectivity index (χ3n) is 5.63. The first-order chi connectivity index (χ1) is 15.3. The number of nitrogens with one attached hydrogen (secondary N) is 3. The number of amides is 3. The third-order valence-corrected chi connectivity index (χ3v) is 6.84. The van der Waals surface area contributed by atoms with E-state index in [-0.39, 0.29) is 30.2 Å². The van der Waals surface area contributed by atoms with Crippen LogP contribution in [-0.2, 0) is 4.74 Å². The van der Waals surface area contributed by atoms with Gasteiger partial charge in [-0.25, -0.2) is 9.59 Å². The molecule has 1 saturated carbocycles. The maximum atomic E-state index is 13.0. The van der Waals surface area contributed by atoms with Crippen molar-refractivity contribution >= 4 is 39.9 Å². The van der Waals surface area contributed by atoms with Gasteiger partial charge >= 0.3 is 12.0 Å². The van der Waals surface area contributed by atoms with Gasteiger partial charge in [0.2, 0.25) is 0 Å². The van der Waals surface area contributed by atoms with Gasteiger partial charge in [0, 0.05) is 11.7 Å². The first kappa shape index (κ1) is 23.8. The largest absolute Gasteiger partial charge is 0.462 e. The average molecular weight is 458 g/mol. The van der Waals surface area contributed by atoms with Crippen molar-refractivity contribution in [3.63, 3.8) is 0 Å². The molecule has 0 radical (unpaired) electrons. The lowest BCUT2D eigenvalue weighted by Crippen LogP contribution is -2.39. The summed E-state index contributed by atoms with van der Waals surface area (Å²) in [4.78, 5) is 38.6.